The van der Waals surface area contributed by atoms with E-state index in [0.717, 1.165) is 76.2 Å². The van der Waals surface area contributed by atoms with Crippen LogP contribution in [0, 0.1) is 11.3 Å². The molecule has 0 spiro atoms. The van der Waals surface area contributed by atoms with Gasteiger partial charge in [-0.15, -0.1) is 34.0 Å². The first-order valence-electron chi connectivity index (χ1n) is 14.9. The van der Waals surface area contributed by atoms with Gasteiger partial charge < -0.3 is 10.6 Å². The van der Waals surface area contributed by atoms with Crippen LogP contribution in [0.4, 0.5) is 5.00 Å². The van der Waals surface area contributed by atoms with Gasteiger partial charge in [0.2, 0.25) is 0 Å². The molecular weight excluding hydrogens is 609 g/mol. The number of hydrogen-bond donors (Lipinski definition) is 1. The third kappa shape index (κ3) is 7.65. The van der Waals surface area contributed by atoms with E-state index >= 15 is 0 Å². The maximum atomic E-state index is 10.8. The average molecular weight is 647 g/mol. The second-order valence-electron chi connectivity index (χ2n) is 11.4. The molecule has 0 saturated carbocycles. The highest BCUT2D eigenvalue weighted by Gasteiger charge is 2.26. The number of thiazole rings is 2. The number of fused-ring (bicyclic) bond motifs is 3. The number of thiophene rings is 1. The number of nitrogen functional groups attached to an aromatic ring is 1. The minimum atomic E-state index is 0.388. The monoisotopic (exact) mass is 646 g/mol. The molecule has 9 nitrogen and oxygen atoms in total. The number of nitrogens with zero attached hydrogens (tertiary/aromatic N) is 7. The van der Waals surface area contributed by atoms with Crippen molar-refractivity contribution in [2.24, 2.45) is 0 Å². The van der Waals surface area contributed by atoms with Crippen molar-refractivity contribution in [1.29, 1.82) is 5.26 Å². The zero-order chi connectivity index (χ0) is 31.2. The van der Waals surface area contributed by atoms with Gasteiger partial charge >= 0.3 is 0 Å². The van der Waals surface area contributed by atoms with Gasteiger partial charge in [0.05, 0.1) is 44.8 Å². The van der Waals surface area contributed by atoms with E-state index in [1.165, 1.54) is 20.7 Å². The number of carbonyl (C=O) groups excluding carboxylic acids is 1. The van der Waals surface area contributed by atoms with E-state index in [9.17, 15) is 4.79 Å². The maximum Gasteiger partial charge on any atom is 0.135 e. The van der Waals surface area contributed by atoms with Crippen molar-refractivity contribution in [3.63, 3.8) is 0 Å². The molecule has 5 aromatic rings. The first kappa shape index (κ1) is 32.1. The Hall–Kier alpha value is -3.34. The molecule has 12 heteroatoms. The molecule has 1 saturated heterocycles. The summed E-state index contributed by atoms with van der Waals surface area (Å²) in [7, 11) is 0. The Labute approximate surface area is 270 Å². The van der Waals surface area contributed by atoms with E-state index in [2.05, 4.69) is 58.5 Å². The van der Waals surface area contributed by atoms with Crippen LogP contribution >= 0.6 is 34.0 Å². The Kier molecular flexibility index (Phi) is 10.7. The zero-order valence-corrected chi connectivity index (χ0v) is 28.1. The van der Waals surface area contributed by atoms with Crippen molar-refractivity contribution in [3.05, 3.63) is 52.4 Å². The smallest absolute Gasteiger partial charge is 0.135 e. The molecule has 0 aromatic carbocycles. The van der Waals surface area contributed by atoms with Crippen LogP contribution in [0.3, 0.4) is 0 Å². The molecule has 44 heavy (non-hydrogen) atoms. The molecule has 0 aliphatic carbocycles. The van der Waals surface area contributed by atoms with Crippen molar-refractivity contribution in [1.82, 2.24) is 29.7 Å². The normalized spacial score (nSPS) is 15.5. The lowest BCUT2D eigenvalue weighted by molar-refractivity contribution is -0.121. The van der Waals surface area contributed by atoms with Gasteiger partial charge in [0.1, 0.15) is 21.3 Å². The van der Waals surface area contributed by atoms with Crippen molar-refractivity contribution in [3.8, 4) is 16.6 Å². The highest BCUT2D eigenvalue weighted by atomic mass is 32.1. The summed E-state index contributed by atoms with van der Waals surface area (Å²) in [5.74, 6) is 0.428. The summed E-state index contributed by atoms with van der Waals surface area (Å²) in [6.45, 7) is 12.9. The number of Topliss-reactive ketones (excluding diaryl/α,β-unsaturated/α-hetero) is 1. The van der Waals surface area contributed by atoms with Crippen LogP contribution in [0.2, 0.25) is 0 Å². The predicted octanol–water partition coefficient (Wildman–Crippen LogP) is 6.59. The van der Waals surface area contributed by atoms with Crippen LogP contribution in [0.5, 0.6) is 0 Å². The largest absolute Gasteiger partial charge is 0.390 e. The Morgan fingerprint density at radius 1 is 0.886 bits per heavy atom. The molecule has 0 bridgehead atoms. The minimum absolute atomic E-state index is 0.388. The molecule has 0 atom stereocenters. The maximum absolute atomic E-state index is 10.8. The molecule has 7 rings (SSSR count). The zero-order valence-electron chi connectivity index (χ0n) is 25.6. The van der Waals surface area contributed by atoms with E-state index < -0.39 is 0 Å². The van der Waals surface area contributed by atoms with E-state index in [-0.39, 0.29) is 0 Å². The Bertz CT molecular complexity index is 1690. The lowest BCUT2D eigenvalue weighted by atomic mass is 10.0. The van der Waals surface area contributed by atoms with E-state index in [1.54, 1.807) is 46.4 Å². The summed E-state index contributed by atoms with van der Waals surface area (Å²) in [6, 6.07) is 7.18. The van der Waals surface area contributed by atoms with Crippen molar-refractivity contribution >= 4 is 65.2 Å². The van der Waals surface area contributed by atoms with Gasteiger partial charge in [-0.1, -0.05) is 0 Å². The van der Waals surface area contributed by atoms with Gasteiger partial charge in [-0.25, -0.2) is 9.97 Å². The number of carbonyl (C=O) groups is 1. The third-order valence-electron chi connectivity index (χ3n) is 7.80. The first-order valence-corrected chi connectivity index (χ1v) is 17.4. The number of likely N-dealkylation sites (tertiary alicyclic amines) is 1. The van der Waals surface area contributed by atoms with Gasteiger partial charge in [-0.3, -0.25) is 19.7 Å². The van der Waals surface area contributed by atoms with E-state index in [4.69, 9.17) is 16.0 Å². The number of ketones is 1. The molecule has 0 unspecified atom stereocenters. The van der Waals surface area contributed by atoms with Crippen LogP contribution < -0.4 is 5.73 Å². The molecular formula is C32H38N8OS3. The second kappa shape index (κ2) is 14.6. The van der Waals surface area contributed by atoms with Gasteiger partial charge in [-0.2, -0.15) is 5.26 Å². The summed E-state index contributed by atoms with van der Waals surface area (Å²) in [5, 5.41) is 11.3. The molecule has 230 valence electrons. The minimum Gasteiger partial charge on any atom is -0.390 e. The Balaban J connectivity index is 0.000000147. The van der Waals surface area contributed by atoms with Gasteiger partial charge in [-0.05, 0) is 51.8 Å². The van der Waals surface area contributed by atoms with Gasteiger partial charge in [0.25, 0.3) is 0 Å². The molecule has 5 aromatic heterocycles. The van der Waals surface area contributed by atoms with Crippen molar-refractivity contribution < 1.29 is 4.79 Å². The number of anilines is 1. The summed E-state index contributed by atoms with van der Waals surface area (Å²) < 4.78 is 2.26. The molecule has 2 aliphatic heterocycles. The number of piperidine rings is 1. The SMILES string of the molecule is CC(C)N1CCC(=O)CC1.CC(C)N1CCc2c(sc(N)c2-c2nc3cnccc3s2)C1.N#CCc1nc2cnccc2s1. The lowest BCUT2D eigenvalue weighted by Crippen LogP contribution is -2.38. The molecule has 7 heterocycles. The molecule has 2 N–H and O–H groups in total. The lowest BCUT2D eigenvalue weighted by Gasteiger charge is -2.30. The quantitative estimate of drug-likeness (QED) is 0.230. The second-order valence-corrected chi connectivity index (χ2v) is 14.7. The van der Waals surface area contributed by atoms with E-state index in [1.807, 2.05) is 24.5 Å². The van der Waals surface area contributed by atoms with Gasteiger partial charge in [0, 0.05) is 73.9 Å². The van der Waals surface area contributed by atoms with Crippen LogP contribution in [-0.4, -0.2) is 67.2 Å². The van der Waals surface area contributed by atoms with Crippen LogP contribution in [0.15, 0.2) is 36.9 Å². The fraction of sp³-hybridized carbons (Fsp3) is 0.438. The number of hydrogen-bond acceptors (Lipinski definition) is 12. The van der Waals surface area contributed by atoms with Gasteiger partial charge in [0.15, 0.2) is 0 Å². The van der Waals surface area contributed by atoms with Crippen molar-refractivity contribution in [2.75, 3.05) is 25.4 Å². The number of rotatable bonds is 4. The summed E-state index contributed by atoms with van der Waals surface area (Å²) in [5.41, 5.74) is 10.8. The topological polar surface area (TPSA) is 125 Å². The third-order valence-corrected chi connectivity index (χ3v) is 10.9. The number of pyridine rings is 2. The fourth-order valence-corrected chi connectivity index (χ4v) is 8.36. The Morgan fingerprint density at radius 2 is 1.50 bits per heavy atom. The average Bonchev–Trinajstić information content (AvgIpc) is 3.71. The van der Waals surface area contributed by atoms with Crippen LogP contribution in [0.1, 0.15) is 56.0 Å². The predicted molar refractivity (Wildman–Crippen MR) is 182 cm³/mol. The molecule has 0 radical (unpaired) electrons. The summed E-state index contributed by atoms with van der Waals surface area (Å²) >= 11 is 4.99. The fourth-order valence-electron chi connectivity index (χ4n) is 5.27. The van der Waals surface area contributed by atoms with Crippen LogP contribution in [-0.2, 0) is 24.2 Å². The summed E-state index contributed by atoms with van der Waals surface area (Å²) in [6.07, 6.45) is 10.1. The standard InChI is InChI=1S/C16H18N4S2.C8H5N3S.C8H15NO/c1-9(2)20-6-4-10-13(8-20)21-15(17)14(10)16-19-11-7-18-5-3-12(11)22-16;9-3-1-8-11-6-5-10-4-2-7(6)12-8;1-7(2)9-5-3-8(10)4-6-9/h3,5,7,9H,4,6,8,17H2,1-2H3;2,4-5H,1H2;7H,3-6H2,1-2H3. The molecule has 1 fully saturated rings. The number of aromatic nitrogens is 4. The van der Waals surface area contributed by atoms with Crippen LogP contribution in [0.25, 0.3) is 31.0 Å². The summed E-state index contributed by atoms with van der Waals surface area (Å²) in [4.78, 5) is 34.2. The highest BCUT2D eigenvalue weighted by Crippen LogP contribution is 2.44. The molecule has 0 amide bonds. The number of nitrogens with two attached hydrogens (primary N) is 1. The molecule has 2 aliphatic rings. The van der Waals surface area contributed by atoms with E-state index in [0.29, 0.717) is 24.3 Å². The first-order chi connectivity index (χ1) is 21.2. The van der Waals surface area contributed by atoms with Crippen molar-refractivity contribution in [2.45, 2.75) is 72.0 Å². The number of nitriles is 1. The highest BCUT2D eigenvalue weighted by molar-refractivity contribution is 7.22. The Morgan fingerprint density at radius 3 is 2.09 bits per heavy atom.